The minimum atomic E-state index is -1.13. The predicted molar refractivity (Wildman–Crippen MR) is 98.1 cm³/mol. The van der Waals surface area contributed by atoms with Gasteiger partial charge in [-0.05, 0) is 47.2 Å². The van der Waals surface area contributed by atoms with Gasteiger partial charge in [-0.25, -0.2) is 0 Å². The highest BCUT2D eigenvalue weighted by Crippen LogP contribution is 2.41. The van der Waals surface area contributed by atoms with Crippen LogP contribution in [0.3, 0.4) is 0 Å². The van der Waals surface area contributed by atoms with E-state index in [2.05, 4.69) is 22.3 Å². The molecule has 4 nitrogen and oxygen atoms in total. The molecule has 0 fully saturated rings. The summed E-state index contributed by atoms with van der Waals surface area (Å²) in [5.74, 6) is 0. The topological polar surface area (TPSA) is 50.9 Å². The van der Waals surface area contributed by atoms with E-state index in [1.165, 1.54) is 10.4 Å². The maximum absolute atomic E-state index is 11.7. The third-order valence-electron chi connectivity index (χ3n) is 4.71. The fraction of sp³-hybridized carbons (Fsp3) is 0.200. The van der Waals surface area contributed by atoms with Gasteiger partial charge in [-0.15, -0.1) is 0 Å². The Labute approximate surface area is 151 Å². The number of aryl methyl sites for hydroxylation is 1. The highest BCUT2D eigenvalue weighted by molar-refractivity contribution is 6.30. The largest absolute Gasteiger partial charge is 0.379 e. The van der Waals surface area contributed by atoms with Gasteiger partial charge in [0.15, 0.2) is 0 Å². The Hall–Kier alpha value is -2.43. The molecule has 0 unspecified atom stereocenters. The van der Waals surface area contributed by atoms with Crippen molar-refractivity contribution in [3.8, 4) is 0 Å². The standard InChI is InChI=1S/C20H18ClN3O/c21-18-9-5-15(6-10-18)13-17-8-7-16-3-1-2-4-19(16)20(17,25)14-24-22-11-12-23-24/h1-6,9-13,25H,7-8,14H2/b17-13+/t20-/m0/s1. The Bertz CT molecular complexity index is 903. The summed E-state index contributed by atoms with van der Waals surface area (Å²) >= 11 is 5.98. The molecule has 1 N–H and O–H groups in total. The molecule has 5 heteroatoms. The minimum absolute atomic E-state index is 0.288. The van der Waals surface area contributed by atoms with E-state index >= 15 is 0 Å². The van der Waals surface area contributed by atoms with E-state index in [9.17, 15) is 5.11 Å². The van der Waals surface area contributed by atoms with Crippen LogP contribution < -0.4 is 0 Å². The Morgan fingerprint density at radius 3 is 2.52 bits per heavy atom. The quantitative estimate of drug-likeness (QED) is 0.779. The van der Waals surface area contributed by atoms with Crippen molar-refractivity contribution in [2.75, 3.05) is 0 Å². The van der Waals surface area contributed by atoms with Gasteiger partial charge in [-0.3, -0.25) is 0 Å². The number of rotatable bonds is 3. The van der Waals surface area contributed by atoms with Crippen molar-refractivity contribution in [1.82, 2.24) is 15.0 Å². The second-order valence-electron chi connectivity index (χ2n) is 6.30. The van der Waals surface area contributed by atoms with Crippen LogP contribution in [0.25, 0.3) is 6.08 Å². The number of aliphatic hydroxyl groups is 1. The number of hydrogen-bond acceptors (Lipinski definition) is 3. The maximum atomic E-state index is 11.7. The van der Waals surface area contributed by atoms with E-state index in [1.54, 1.807) is 12.4 Å². The van der Waals surface area contributed by atoms with Crippen LogP contribution in [0, 0.1) is 0 Å². The lowest BCUT2D eigenvalue weighted by molar-refractivity contribution is 0.0413. The summed E-state index contributed by atoms with van der Waals surface area (Å²) in [6.45, 7) is 0.288. The van der Waals surface area contributed by atoms with Gasteiger partial charge in [0.2, 0.25) is 0 Å². The summed E-state index contributed by atoms with van der Waals surface area (Å²) < 4.78 is 0. The summed E-state index contributed by atoms with van der Waals surface area (Å²) in [5.41, 5.74) is 2.95. The first-order valence-electron chi connectivity index (χ1n) is 8.27. The van der Waals surface area contributed by atoms with Gasteiger partial charge in [-0.2, -0.15) is 15.0 Å². The first-order valence-corrected chi connectivity index (χ1v) is 8.64. The van der Waals surface area contributed by atoms with Crippen molar-refractivity contribution < 1.29 is 5.11 Å². The van der Waals surface area contributed by atoms with Crippen molar-refractivity contribution in [3.63, 3.8) is 0 Å². The zero-order chi connectivity index (χ0) is 17.3. The molecule has 0 bridgehead atoms. The fourth-order valence-electron chi connectivity index (χ4n) is 3.46. The lowest BCUT2D eigenvalue weighted by Gasteiger charge is -2.36. The van der Waals surface area contributed by atoms with Crippen molar-refractivity contribution in [2.45, 2.75) is 25.0 Å². The third-order valence-corrected chi connectivity index (χ3v) is 4.96. The van der Waals surface area contributed by atoms with Crippen molar-refractivity contribution >= 4 is 17.7 Å². The van der Waals surface area contributed by atoms with Crippen LogP contribution in [-0.4, -0.2) is 20.1 Å². The van der Waals surface area contributed by atoms with E-state index in [1.807, 2.05) is 42.5 Å². The van der Waals surface area contributed by atoms with Gasteiger partial charge in [0.25, 0.3) is 0 Å². The lowest BCUT2D eigenvalue weighted by Crippen LogP contribution is -2.38. The van der Waals surface area contributed by atoms with E-state index in [0.717, 1.165) is 29.5 Å². The average molecular weight is 352 g/mol. The number of nitrogens with zero attached hydrogens (tertiary/aromatic N) is 3. The van der Waals surface area contributed by atoms with Crippen molar-refractivity contribution in [1.29, 1.82) is 0 Å². The van der Waals surface area contributed by atoms with Crippen LogP contribution in [0.1, 0.15) is 23.1 Å². The molecule has 1 heterocycles. The number of benzene rings is 2. The molecule has 0 saturated heterocycles. The van der Waals surface area contributed by atoms with E-state index in [0.29, 0.717) is 5.02 Å². The highest BCUT2D eigenvalue weighted by atomic mass is 35.5. The molecule has 1 aliphatic carbocycles. The molecule has 0 amide bonds. The van der Waals surface area contributed by atoms with Crippen molar-refractivity contribution in [2.24, 2.45) is 0 Å². The Morgan fingerprint density at radius 1 is 1.04 bits per heavy atom. The predicted octanol–water partition coefficient (Wildman–Crippen LogP) is 3.85. The molecule has 4 rings (SSSR count). The number of fused-ring (bicyclic) bond motifs is 1. The summed E-state index contributed by atoms with van der Waals surface area (Å²) in [7, 11) is 0. The third kappa shape index (κ3) is 3.11. The molecule has 0 radical (unpaired) electrons. The van der Waals surface area contributed by atoms with E-state index in [4.69, 9.17) is 11.6 Å². The summed E-state index contributed by atoms with van der Waals surface area (Å²) in [4.78, 5) is 1.54. The molecule has 2 aromatic carbocycles. The van der Waals surface area contributed by atoms with Crippen LogP contribution in [0.4, 0.5) is 0 Å². The zero-order valence-corrected chi connectivity index (χ0v) is 14.4. The van der Waals surface area contributed by atoms with Gasteiger partial charge >= 0.3 is 0 Å². The monoisotopic (exact) mass is 351 g/mol. The summed E-state index contributed by atoms with van der Waals surface area (Å²) in [5, 5.41) is 20.7. The summed E-state index contributed by atoms with van der Waals surface area (Å²) in [6, 6.07) is 15.7. The molecule has 0 spiro atoms. The van der Waals surface area contributed by atoms with Crippen LogP contribution in [-0.2, 0) is 18.6 Å². The smallest absolute Gasteiger partial charge is 0.132 e. The van der Waals surface area contributed by atoms with Gasteiger partial charge in [-0.1, -0.05) is 54.1 Å². The molecular weight excluding hydrogens is 334 g/mol. The second-order valence-corrected chi connectivity index (χ2v) is 6.73. The second kappa shape index (κ2) is 6.47. The Kier molecular flexibility index (Phi) is 4.15. The molecular formula is C20H18ClN3O. The first-order chi connectivity index (χ1) is 12.1. The minimum Gasteiger partial charge on any atom is -0.379 e. The van der Waals surface area contributed by atoms with Crippen LogP contribution in [0.15, 0.2) is 66.5 Å². The van der Waals surface area contributed by atoms with Gasteiger partial charge in [0, 0.05) is 5.02 Å². The molecule has 1 atom stereocenters. The number of hydrogen-bond donors (Lipinski definition) is 1. The lowest BCUT2D eigenvalue weighted by atomic mass is 9.74. The van der Waals surface area contributed by atoms with Gasteiger partial charge in [0.1, 0.15) is 5.60 Å². The molecule has 25 heavy (non-hydrogen) atoms. The highest BCUT2D eigenvalue weighted by Gasteiger charge is 2.39. The van der Waals surface area contributed by atoms with Crippen molar-refractivity contribution in [3.05, 3.63) is 88.2 Å². The molecule has 1 aromatic heterocycles. The van der Waals surface area contributed by atoms with Crippen LogP contribution in [0.5, 0.6) is 0 Å². The Balaban J connectivity index is 1.81. The first kappa shape index (κ1) is 16.1. The number of aromatic nitrogens is 3. The van der Waals surface area contributed by atoms with Crippen LogP contribution >= 0.6 is 11.6 Å². The SMILES string of the molecule is O[C@@]1(Cn2nccn2)/C(=C/c2ccc(Cl)cc2)CCc2ccccc21. The van der Waals surface area contributed by atoms with Gasteiger partial charge in [0.05, 0.1) is 18.9 Å². The van der Waals surface area contributed by atoms with Gasteiger partial charge < -0.3 is 5.11 Å². The fourth-order valence-corrected chi connectivity index (χ4v) is 3.59. The Morgan fingerprint density at radius 2 is 1.76 bits per heavy atom. The maximum Gasteiger partial charge on any atom is 0.132 e. The molecule has 1 aliphatic rings. The summed E-state index contributed by atoms with van der Waals surface area (Å²) in [6.07, 6.45) is 7.00. The zero-order valence-electron chi connectivity index (χ0n) is 13.6. The van der Waals surface area contributed by atoms with Crippen LogP contribution in [0.2, 0.25) is 5.02 Å². The molecule has 126 valence electrons. The molecule has 3 aromatic rings. The average Bonchev–Trinajstić information content (AvgIpc) is 3.12. The molecule has 0 aliphatic heterocycles. The van der Waals surface area contributed by atoms with E-state index in [-0.39, 0.29) is 6.54 Å². The number of halogens is 1. The van der Waals surface area contributed by atoms with E-state index < -0.39 is 5.60 Å². The normalized spacial score (nSPS) is 21.3. The molecule has 0 saturated carbocycles.